The Labute approximate surface area is 166 Å². The minimum absolute atomic E-state index is 0.0920. The molecule has 0 aliphatic heterocycles. The van der Waals surface area contributed by atoms with Crippen molar-refractivity contribution in [2.75, 3.05) is 7.11 Å². The Kier molecular flexibility index (Phi) is 4.59. The Morgan fingerprint density at radius 2 is 1.93 bits per heavy atom. The molecule has 0 saturated heterocycles. The summed E-state index contributed by atoms with van der Waals surface area (Å²) in [5.74, 6) is 0.258. The van der Waals surface area contributed by atoms with Gasteiger partial charge in [-0.3, -0.25) is 4.79 Å². The lowest BCUT2D eigenvalue weighted by molar-refractivity contribution is 0.415. The summed E-state index contributed by atoms with van der Waals surface area (Å²) >= 11 is 13.0. The van der Waals surface area contributed by atoms with Gasteiger partial charge in [0.1, 0.15) is 11.6 Å². The van der Waals surface area contributed by atoms with Crippen molar-refractivity contribution in [3.63, 3.8) is 0 Å². The first-order valence-corrected chi connectivity index (χ1v) is 9.24. The van der Waals surface area contributed by atoms with Crippen LogP contribution in [0.4, 0.5) is 4.39 Å². The van der Waals surface area contributed by atoms with E-state index in [1.54, 1.807) is 13.2 Å². The summed E-state index contributed by atoms with van der Waals surface area (Å²) in [5.41, 5.74) is 0.810. The summed E-state index contributed by atoms with van der Waals surface area (Å²) in [5, 5.41) is 4.29. The number of hydrogen-bond donors (Lipinski definition) is 0. The fourth-order valence-electron chi connectivity index (χ4n) is 2.49. The molecular weight excluding hydrogens is 412 g/mol. The number of benzene rings is 2. The minimum atomic E-state index is -0.634. The highest BCUT2D eigenvalue weighted by Crippen LogP contribution is 2.30. The van der Waals surface area contributed by atoms with Gasteiger partial charge in [0.25, 0.3) is 5.56 Å². The predicted molar refractivity (Wildman–Crippen MR) is 104 cm³/mol. The predicted octanol–water partition coefficient (Wildman–Crippen LogP) is 3.82. The fourth-order valence-corrected chi connectivity index (χ4v) is 3.87. The van der Waals surface area contributed by atoms with E-state index in [1.807, 2.05) is 24.3 Å². The van der Waals surface area contributed by atoms with Gasteiger partial charge >= 0.3 is 0 Å². The maximum Gasteiger partial charge on any atom is 0.291 e. The van der Waals surface area contributed by atoms with Gasteiger partial charge in [0.15, 0.2) is 5.82 Å². The van der Waals surface area contributed by atoms with E-state index in [2.05, 4.69) is 10.1 Å². The molecule has 0 aliphatic rings. The third-order valence-corrected chi connectivity index (χ3v) is 5.41. The van der Waals surface area contributed by atoms with E-state index in [4.69, 9.17) is 27.9 Å². The second-order valence-electron chi connectivity index (χ2n) is 5.56. The molecule has 0 bridgehead atoms. The average Bonchev–Trinajstić information content (AvgIpc) is 3.19. The molecule has 2 aromatic carbocycles. The molecule has 0 radical (unpaired) electrons. The number of ether oxygens (including phenoxy) is 1. The number of hydrogen-bond acceptors (Lipinski definition) is 5. The largest absolute Gasteiger partial charge is 0.497 e. The van der Waals surface area contributed by atoms with Gasteiger partial charge in [0, 0.05) is 5.56 Å². The van der Waals surface area contributed by atoms with E-state index in [0.717, 1.165) is 17.4 Å². The second-order valence-corrected chi connectivity index (χ2v) is 7.39. The van der Waals surface area contributed by atoms with Crippen LogP contribution in [-0.4, -0.2) is 21.7 Å². The molecule has 0 unspecified atom stereocenters. The van der Waals surface area contributed by atoms with Crippen molar-refractivity contribution in [3.8, 4) is 17.1 Å². The molecule has 2 aromatic heterocycles. The van der Waals surface area contributed by atoms with E-state index in [9.17, 15) is 9.18 Å². The van der Waals surface area contributed by atoms with E-state index < -0.39 is 5.82 Å². The summed E-state index contributed by atoms with van der Waals surface area (Å²) in [4.78, 5) is 17.3. The molecule has 136 valence electrons. The topological polar surface area (TPSA) is 56.5 Å². The van der Waals surface area contributed by atoms with Crippen LogP contribution in [0.2, 0.25) is 10.0 Å². The number of nitrogens with zero attached hydrogens (tertiary/aromatic N) is 3. The molecule has 4 rings (SSSR count). The van der Waals surface area contributed by atoms with Gasteiger partial charge in [-0.25, -0.2) is 4.39 Å². The van der Waals surface area contributed by atoms with Gasteiger partial charge in [0.2, 0.25) is 4.96 Å². The Balaban J connectivity index is 1.79. The van der Waals surface area contributed by atoms with Crippen molar-refractivity contribution in [3.05, 3.63) is 72.7 Å². The van der Waals surface area contributed by atoms with Crippen LogP contribution in [0.5, 0.6) is 5.75 Å². The molecule has 0 spiro atoms. The monoisotopic (exact) mass is 421 g/mol. The Morgan fingerprint density at radius 1 is 1.19 bits per heavy atom. The molecule has 0 N–H and O–H groups in total. The molecule has 0 amide bonds. The lowest BCUT2D eigenvalue weighted by atomic mass is 10.2. The van der Waals surface area contributed by atoms with Gasteiger partial charge in [-0.2, -0.15) is 9.50 Å². The van der Waals surface area contributed by atoms with Gasteiger partial charge < -0.3 is 4.74 Å². The first-order chi connectivity index (χ1) is 13.0. The SMILES string of the molecule is COc1ccc(C=c2sc3nc(-c4cc(F)c(Cl)cc4Cl)nn3c2=O)cc1. The number of fused-ring (bicyclic) bond motifs is 1. The van der Waals surface area contributed by atoms with Crippen LogP contribution in [-0.2, 0) is 0 Å². The summed E-state index contributed by atoms with van der Waals surface area (Å²) in [6, 6.07) is 9.74. The van der Waals surface area contributed by atoms with Crippen molar-refractivity contribution in [2.24, 2.45) is 0 Å². The van der Waals surface area contributed by atoms with Crippen LogP contribution in [0, 0.1) is 5.82 Å². The van der Waals surface area contributed by atoms with Crippen LogP contribution in [0.25, 0.3) is 22.4 Å². The molecule has 4 aromatic rings. The third-order valence-electron chi connectivity index (χ3n) is 3.85. The van der Waals surface area contributed by atoms with E-state index in [1.165, 1.54) is 21.9 Å². The standard InChI is InChI=1S/C18H10Cl2FN3O2S/c1-26-10-4-2-9(3-5-10)6-15-17(25)24-18(27-15)22-16(23-24)11-7-14(21)13(20)8-12(11)19/h2-8H,1H3. The molecule has 0 atom stereocenters. The number of methoxy groups -OCH3 is 1. The molecule has 0 fully saturated rings. The molecule has 0 aliphatic carbocycles. The molecule has 27 heavy (non-hydrogen) atoms. The van der Waals surface area contributed by atoms with Crippen LogP contribution < -0.4 is 14.8 Å². The van der Waals surface area contributed by atoms with Gasteiger partial charge in [-0.05, 0) is 35.9 Å². The van der Waals surface area contributed by atoms with Crippen LogP contribution in [0.15, 0.2) is 41.2 Å². The molecular formula is C18H10Cl2FN3O2S. The summed E-state index contributed by atoms with van der Waals surface area (Å²) in [6.07, 6.45) is 1.75. The highest BCUT2D eigenvalue weighted by Gasteiger charge is 2.16. The molecule has 5 nitrogen and oxygen atoms in total. The summed E-state index contributed by atoms with van der Waals surface area (Å²) in [6.45, 7) is 0. The van der Waals surface area contributed by atoms with Crippen molar-refractivity contribution in [1.29, 1.82) is 0 Å². The normalized spacial score (nSPS) is 12.1. The minimum Gasteiger partial charge on any atom is -0.497 e. The van der Waals surface area contributed by atoms with Crippen molar-refractivity contribution >= 4 is 45.6 Å². The lowest BCUT2D eigenvalue weighted by Gasteiger charge is -2.01. The zero-order valence-electron chi connectivity index (χ0n) is 13.7. The quantitative estimate of drug-likeness (QED) is 0.471. The fraction of sp³-hybridized carbons (Fsp3) is 0.0556. The van der Waals surface area contributed by atoms with E-state index in [0.29, 0.717) is 9.49 Å². The highest BCUT2D eigenvalue weighted by molar-refractivity contribution is 7.15. The molecule has 2 heterocycles. The van der Waals surface area contributed by atoms with Crippen molar-refractivity contribution < 1.29 is 9.13 Å². The highest BCUT2D eigenvalue weighted by atomic mass is 35.5. The Morgan fingerprint density at radius 3 is 2.59 bits per heavy atom. The van der Waals surface area contributed by atoms with Gasteiger partial charge in [0.05, 0.1) is 21.7 Å². The molecule has 9 heteroatoms. The van der Waals surface area contributed by atoms with Crippen LogP contribution >= 0.6 is 34.5 Å². The second kappa shape index (κ2) is 6.92. The Bertz CT molecular complexity index is 1270. The van der Waals surface area contributed by atoms with E-state index >= 15 is 0 Å². The molecule has 0 saturated carbocycles. The first kappa shape index (κ1) is 17.9. The number of rotatable bonds is 3. The maximum absolute atomic E-state index is 13.7. The van der Waals surface area contributed by atoms with Crippen molar-refractivity contribution in [2.45, 2.75) is 0 Å². The summed E-state index contributed by atoms with van der Waals surface area (Å²) in [7, 11) is 1.59. The van der Waals surface area contributed by atoms with Crippen LogP contribution in [0.1, 0.15) is 5.56 Å². The van der Waals surface area contributed by atoms with Crippen LogP contribution in [0.3, 0.4) is 0 Å². The maximum atomic E-state index is 13.7. The third kappa shape index (κ3) is 3.29. The lowest BCUT2D eigenvalue weighted by Crippen LogP contribution is -2.23. The van der Waals surface area contributed by atoms with Crippen molar-refractivity contribution in [1.82, 2.24) is 14.6 Å². The van der Waals surface area contributed by atoms with Gasteiger partial charge in [-0.15, -0.1) is 5.10 Å². The number of halogens is 3. The van der Waals surface area contributed by atoms with Gasteiger partial charge in [-0.1, -0.05) is 46.7 Å². The number of aromatic nitrogens is 3. The smallest absolute Gasteiger partial charge is 0.291 e. The van der Waals surface area contributed by atoms with E-state index in [-0.39, 0.29) is 27.0 Å². The zero-order chi connectivity index (χ0) is 19.1. The first-order valence-electron chi connectivity index (χ1n) is 7.66. The zero-order valence-corrected chi connectivity index (χ0v) is 16.1. The summed E-state index contributed by atoms with van der Waals surface area (Å²) < 4.78 is 20.5. The number of thiazole rings is 1. The average molecular weight is 422 g/mol. The Hall–Kier alpha value is -2.48.